The van der Waals surface area contributed by atoms with Gasteiger partial charge in [-0.25, -0.2) is 4.79 Å². The first-order valence-electron chi connectivity index (χ1n) is 8.70. The van der Waals surface area contributed by atoms with E-state index in [-0.39, 0.29) is 31.3 Å². The van der Waals surface area contributed by atoms with Gasteiger partial charge in [0.1, 0.15) is 6.04 Å². The summed E-state index contributed by atoms with van der Waals surface area (Å²) in [6.45, 7) is 0.281. The number of amides is 1. The standard InChI is InChI=1S/C21H25NO4/c1-26-13-12-19(21(24)25)22-20(23)15-18(17-10-6-3-7-11-17)14-16-8-4-2-5-9-16/h2-11,18-19H,12-15H2,1H3,(H,22,23)(H,24,25). The van der Waals surface area contributed by atoms with Crippen molar-refractivity contribution in [3.05, 3.63) is 71.8 Å². The van der Waals surface area contributed by atoms with Gasteiger partial charge >= 0.3 is 5.97 Å². The summed E-state index contributed by atoms with van der Waals surface area (Å²) in [5.74, 6) is -1.33. The van der Waals surface area contributed by atoms with Crippen molar-refractivity contribution in [2.45, 2.75) is 31.2 Å². The molecule has 2 aromatic rings. The van der Waals surface area contributed by atoms with Gasteiger partial charge in [0.05, 0.1) is 0 Å². The van der Waals surface area contributed by atoms with Crippen LogP contribution in [-0.2, 0) is 20.7 Å². The van der Waals surface area contributed by atoms with Gasteiger partial charge in [-0.2, -0.15) is 0 Å². The SMILES string of the molecule is COCCC(NC(=O)CC(Cc1ccccc1)c1ccccc1)C(=O)O. The highest BCUT2D eigenvalue weighted by molar-refractivity contribution is 5.84. The lowest BCUT2D eigenvalue weighted by Crippen LogP contribution is -2.42. The van der Waals surface area contributed by atoms with Crippen LogP contribution in [0.3, 0.4) is 0 Å². The number of carbonyl (C=O) groups excluding carboxylic acids is 1. The lowest BCUT2D eigenvalue weighted by atomic mass is 9.89. The molecule has 0 aromatic heterocycles. The number of carbonyl (C=O) groups is 2. The van der Waals surface area contributed by atoms with Crippen LogP contribution in [-0.4, -0.2) is 36.7 Å². The van der Waals surface area contributed by atoms with Crippen molar-refractivity contribution in [2.24, 2.45) is 0 Å². The quantitative estimate of drug-likeness (QED) is 0.687. The van der Waals surface area contributed by atoms with Crippen molar-refractivity contribution in [2.75, 3.05) is 13.7 Å². The molecule has 0 spiro atoms. The first-order chi connectivity index (χ1) is 12.6. The Bertz CT molecular complexity index is 688. The Morgan fingerprint density at radius 1 is 1.04 bits per heavy atom. The van der Waals surface area contributed by atoms with Crippen molar-refractivity contribution < 1.29 is 19.4 Å². The average Bonchev–Trinajstić information content (AvgIpc) is 2.66. The van der Waals surface area contributed by atoms with E-state index >= 15 is 0 Å². The molecule has 0 aliphatic carbocycles. The van der Waals surface area contributed by atoms with Crippen molar-refractivity contribution >= 4 is 11.9 Å². The molecule has 0 saturated heterocycles. The van der Waals surface area contributed by atoms with Crippen LogP contribution in [0, 0.1) is 0 Å². The zero-order valence-electron chi connectivity index (χ0n) is 14.9. The van der Waals surface area contributed by atoms with E-state index in [0.29, 0.717) is 6.42 Å². The molecule has 0 aliphatic heterocycles. The monoisotopic (exact) mass is 355 g/mol. The maximum absolute atomic E-state index is 12.5. The fraction of sp³-hybridized carbons (Fsp3) is 0.333. The van der Waals surface area contributed by atoms with Gasteiger partial charge in [-0.15, -0.1) is 0 Å². The zero-order chi connectivity index (χ0) is 18.8. The Balaban J connectivity index is 2.08. The highest BCUT2D eigenvalue weighted by atomic mass is 16.5. The smallest absolute Gasteiger partial charge is 0.326 e. The molecule has 2 aromatic carbocycles. The van der Waals surface area contributed by atoms with Crippen LogP contribution in [0.1, 0.15) is 29.9 Å². The lowest BCUT2D eigenvalue weighted by Gasteiger charge is -2.20. The van der Waals surface area contributed by atoms with Gasteiger partial charge in [-0.05, 0) is 23.5 Å². The van der Waals surface area contributed by atoms with Crippen LogP contribution in [0.4, 0.5) is 0 Å². The van der Waals surface area contributed by atoms with E-state index in [1.807, 2.05) is 60.7 Å². The Labute approximate surface area is 154 Å². The third-order valence-corrected chi connectivity index (χ3v) is 4.27. The molecule has 0 bridgehead atoms. The highest BCUT2D eigenvalue weighted by Crippen LogP contribution is 2.24. The normalized spacial score (nSPS) is 13.0. The number of hydrogen-bond donors (Lipinski definition) is 2. The van der Waals surface area contributed by atoms with E-state index in [0.717, 1.165) is 11.1 Å². The molecule has 138 valence electrons. The predicted octanol–water partition coefficient (Wildman–Crippen LogP) is 3.01. The minimum atomic E-state index is -1.05. The van der Waals surface area contributed by atoms with Gasteiger partial charge in [0.15, 0.2) is 0 Å². The summed E-state index contributed by atoms with van der Waals surface area (Å²) in [4.78, 5) is 23.8. The molecule has 0 radical (unpaired) electrons. The van der Waals surface area contributed by atoms with Gasteiger partial charge < -0.3 is 15.2 Å². The lowest BCUT2D eigenvalue weighted by molar-refractivity contribution is -0.142. The molecule has 0 heterocycles. The summed E-state index contributed by atoms with van der Waals surface area (Å²) in [5, 5.41) is 11.9. The van der Waals surface area contributed by atoms with E-state index in [9.17, 15) is 14.7 Å². The molecule has 0 saturated carbocycles. The molecular weight excluding hydrogens is 330 g/mol. The van der Waals surface area contributed by atoms with E-state index in [4.69, 9.17) is 4.74 Å². The number of hydrogen-bond acceptors (Lipinski definition) is 3. The Hall–Kier alpha value is -2.66. The topological polar surface area (TPSA) is 75.6 Å². The third kappa shape index (κ3) is 6.33. The van der Waals surface area contributed by atoms with Crippen molar-refractivity contribution in [1.29, 1.82) is 0 Å². The zero-order valence-corrected chi connectivity index (χ0v) is 14.9. The summed E-state index contributed by atoms with van der Waals surface area (Å²) in [7, 11) is 1.51. The minimum absolute atomic E-state index is 0.0181. The van der Waals surface area contributed by atoms with Crippen LogP contribution in [0.2, 0.25) is 0 Å². The van der Waals surface area contributed by atoms with Crippen LogP contribution in [0.5, 0.6) is 0 Å². The minimum Gasteiger partial charge on any atom is -0.480 e. The maximum Gasteiger partial charge on any atom is 0.326 e. The van der Waals surface area contributed by atoms with Gasteiger partial charge in [0.25, 0.3) is 0 Å². The molecule has 0 fully saturated rings. The first kappa shape index (κ1) is 19.7. The van der Waals surface area contributed by atoms with Gasteiger partial charge in [0.2, 0.25) is 5.91 Å². The number of benzene rings is 2. The second-order valence-corrected chi connectivity index (χ2v) is 6.24. The number of carboxylic acids is 1. The van der Waals surface area contributed by atoms with Crippen LogP contribution >= 0.6 is 0 Å². The van der Waals surface area contributed by atoms with Crippen molar-refractivity contribution in [1.82, 2.24) is 5.32 Å². The highest BCUT2D eigenvalue weighted by Gasteiger charge is 2.22. The van der Waals surface area contributed by atoms with E-state index in [2.05, 4.69) is 5.32 Å². The van der Waals surface area contributed by atoms with E-state index in [1.165, 1.54) is 7.11 Å². The van der Waals surface area contributed by atoms with Gasteiger partial charge in [-0.3, -0.25) is 4.79 Å². The number of rotatable bonds is 10. The molecule has 2 rings (SSSR count). The molecule has 5 nitrogen and oxygen atoms in total. The molecular formula is C21H25NO4. The van der Waals surface area contributed by atoms with Gasteiger partial charge in [-0.1, -0.05) is 60.7 Å². The largest absolute Gasteiger partial charge is 0.480 e. The van der Waals surface area contributed by atoms with Crippen LogP contribution < -0.4 is 5.32 Å². The fourth-order valence-corrected chi connectivity index (χ4v) is 2.90. The second kappa shape index (κ2) is 10.4. The first-order valence-corrected chi connectivity index (χ1v) is 8.70. The number of aliphatic carboxylic acids is 1. The molecule has 0 aliphatic rings. The predicted molar refractivity (Wildman–Crippen MR) is 100 cm³/mol. The van der Waals surface area contributed by atoms with Crippen molar-refractivity contribution in [3.63, 3.8) is 0 Å². The second-order valence-electron chi connectivity index (χ2n) is 6.24. The fourth-order valence-electron chi connectivity index (χ4n) is 2.90. The number of methoxy groups -OCH3 is 1. The van der Waals surface area contributed by atoms with Gasteiger partial charge in [0, 0.05) is 26.6 Å². The maximum atomic E-state index is 12.5. The number of nitrogens with one attached hydrogen (secondary N) is 1. The Kier molecular flexibility index (Phi) is 7.83. The third-order valence-electron chi connectivity index (χ3n) is 4.27. The van der Waals surface area contributed by atoms with Crippen LogP contribution in [0.25, 0.3) is 0 Å². The molecule has 2 N–H and O–H groups in total. The van der Waals surface area contributed by atoms with E-state index in [1.54, 1.807) is 0 Å². The van der Waals surface area contributed by atoms with Crippen molar-refractivity contribution in [3.8, 4) is 0 Å². The molecule has 1 amide bonds. The molecule has 2 unspecified atom stereocenters. The summed E-state index contributed by atoms with van der Waals surface area (Å²) >= 11 is 0. The summed E-state index contributed by atoms with van der Waals surface area (Å²) in [6, 6.07) is 18.9. The summed E-state index contributed by atoms with van der Waals surface area (Å²) in [6.07, 6.45) is 1.19. The summed E-state index contributed by atoms with van der Waals surface area (Å²) < 4.78 is 4.92. The number of ether oxygens (including phenoxy) is 1. The Morgan fingerprint density at radius 2 is 1.65 bits per heavy atom. The summed E-state index contributed by atoms with van der Waals surface area (Å²) in [5.41, 5.74) is 2.21. The van der Waals surface area contributed by atoms with Crippen LogP contribution in [0.15, 0.2) is 60.7 Å². The Morgan fingerprint density at radius 3 is 2.23 bits per heavy atom. The molecule has 26 heavy (non-hydrogen) atoms. The average molecular weight is 355 g/mol. The van der Waals surface area contributed by atoms with E-state index < -0.39 is 12.0 Å². The molecule has 2 atom stereocenters. The molecule has 5 heteroatoms. The number of carboxylic acid groups (broad SMARTS) is 1.